The van der Waals surface area contributed by atoms with Crippen molar-refractivity contribution >= 4 is 11.7 Å². The van der Waals surface area contributed by atoms with Gasteiger partial charge in [-0.25, -0.2) is 0 Å². The second-order valence-electron chi connectivity index (χ2n) is 4.22. The van der Waals surface area contributed by atoms with Crippen LogP contribution in [0.1, 0.15) is 42.9 Å². The topological polar surface area (TPSA) is 58.2 Å². The summed E-state index contributed by atoms with van der Waals surface area (Å²) in [5.41, 5.74) is 0. The zero-order valence-corrected chi connectivity index (χ0v) is 10.6. The maximum atomic E-state index is 11.3. The first-order valence-corrected chi connectivity index (χ1v) is 6.08. The van der Waals surface area contributed by atoms with Crippen LogP contribution in [0.5, 0.6) is 0 Å². The van der Waals surface area contributed by atoms with Gasteiger partial charge in [0, 0.05) is 34.7 Å². The van der Waals surface area contributed by atoms with E-state index in [0.717, 1.165) is 19.5 Å². The average Bonchev–Trinajstić information content (AvgIpc) is 2.25. The van der Waals surface area contributed by atoms with Gasteiger partial charge in [-0.2, -0.15) is 0 Å². The van der Waals surface area contributed by atoms with Gasteiger partial charge in [0.15, 0.2) is 0 Å². The van der Waals surface area contributed by atoms with Crippen LogP contribution < -0.4 is 10.6 Å². The molecule has 0 radical (unpaired) electrons. The number of nitrogens with one attached hydrogen (secondary N) is 2. The third-order valence-corrected chi connectivity index (χ3v) is 2.29. The van der Waals surface area contributed by atoms with Crippen LogP contribution in [0.15, 0.2) is 0 Å². The van der Waals surface area contributed by atoms with Crippen LogP contribution in [-0.4, -0.2) is 31.3 Å². The molecule has 0 aromatic rings. The van der Waals surface area contributed by atoms with Gasteiger partial charge < -0.3 is 10.6 Å². The Morgan fingerprint density at radius 1 is 1.12 bits per heavy atom. The molecule has 4 nitrogen and oxygen atoms in total. The van der Waals surface area contributed by atoms with E-state index in [9.17, 15) is 9.59 Å². The highest BCUT2D eigenvalue weighted by Crippen LogP contribution is 2.01. The fourth-order valence-electron chi connectivity index (χ4n) is 1.21. The summed E-state index contributed by atoms with van der Waals surface area (Å²) in [5, 5.41) is 5.97. The van der Waals surface area contributed by atoms with Crippen molar-refractivity contribution in [2.75, 3.05) is 19.6 Å². The van der Waals surface area contributed by atoms with Crippen LogP contribution in [0.3, 0.4) is 0 Å². The number of carbonyl (C=O) groups excluding carboxylic acids is 2. The summed E-state index contributed by atoms with van der Waals surface area (Å²) in [5.74, 6) is 0.144. The summed E-state index contributed by atoms with van der Waals surface area (Å²) in [7, 11) is 0. The Morgan fingerprint density at radius 2 is 1.81 bits per heavy atom. The third kappa shape index (κ3) is 8.41. The van der Waals surface area contributed by atoms with E-state index in [0.29, 0.717) is 19.4 Å². The molecule has 0 heterocycles. The molecule has 0 bridgehead atoms. The largest absolute Gasteiger partial charge is 0.355 e. The molecule has 0 fully saturated rings. The number of ketones is 1. The Hall–Kier alpha value is -0.900. The molecule has 16 heavy (non-hydrogen) atoms. The summed E-state index contributed by atoms with van der Waals surface area (Å²) in [6.07, 6.45) is 1.76. The molecule has 0 unspecified atom stereocenters. The fourth-order valence-corrected chi connectivity index (χ4v) is 1.21. The number of Topliss-reactive ketones (excluding diaryl/α,β-unsaturated/α-hetero) is 1. The van der Waals surface area contributed by atoms with E-state index in [1.54, 1.807) is 0 Å². The predicted octanol–water partition coefficient (Wildman–Crippen LogP) is 1.60. The molecule has 0 saturated carbocycles. The van der Waals surface area contributed by atoms with E-state index in [1.165, 1.54) is 0 Å². The molecule has 0 aliphatic rings. The van der Waals surface area contributed by atoms with Gasteiger partial charge in [-0.3, -0.25) is 9.59 Å². The van der Waals surface area contributed by atoms with Crippen molar-refractivity contribution in [3.05, 3.63) is 0 Å². The van der Waals surface area contributed by atoms with Crippen molar-refractivity contribution < 1.29 is 12.4 Å². The Labute approximate surface area is 101 Å². The SMILES string of the molecule is CCCNCCNC(=O)CCC(=O)C(C)C.[HH].[HH]. The van der Waals surface area contributed by atoms with E-state index >= 15 is 0 Å². The highest BCUT2D eigenvalue weighted by atomic mass is 16.2. The second kappa shape index (κ2) is 9.33. The van der Waals surface area contributed by atoms with Crippen LogP contribution in [0.4, 0.5) is 0 Å². The lowest BCUT2D eigenvalue weighted by Gasteiger charge is -2.06. The lowest BCUT2D eigenvalue weighted by molar-refractivity contribution is -0.126. The highest BCUT2D eigenvalue weighted by Gasteiger charge is 2.09. The van der Waals surface area contributed by atoms with Crippen molar-refractivity contribution in [3.8, 4) is 0 Å². The first-order valence-electron chi connectivity index (χ1n) is 6.08. The summed E-state index contributed by atoms with van der Waals surface area (Å²) < 4.78 is 0. The molecule has 0 aromatic carbocycles. The maximum absolute atomic E-state index is 11.3. The minimum Gasteiger partial charge on any atom is -0.355 e. The first kappa shape index (κ1) is 15.1. The van der Waals surface area contributed by atoms with Gasteiger partial charge in [0.1, 0.15) is 5.78 Å². The van der Waals surface area contributed by atoms with Crippen LogP contribution >= 0.6 is 0 Å². The van der Waals surface area contributed by atoms with Crippen LogP contribution in [0.25, 0.3) is 0 Å². The molecule has 2 N–H and O–H groups in total. The quantitative estimate of drug-likeness (QED) is 0.594. The van der Waals surface area contributed by atoms with Crippen LogP contribution in [-0.2, 0) is 9.59 Å². The third-order valence-electron chi connectivity index (χ3n) is 2.29. The highest BCUT2D eigenvalue weighted by molar-refractivity contribution is 5.85. The van der Waals surface area contributed by atoms with E-state index in [2.05, 4.69) is 17.6 Å². The van der Waals surface area contributed by atoms with Crippen molar-refractivity contribution in [1.29, 1.82) is 0 Å². The zero-order chi connectivity index (χ0) is 12.4. The summed E-state index contributed by atoms with van der Waals surface area (Å²) >= 11 is 0. The number of amides is 1. The number of carbonyl (C=O) groups is 2. The summed E-state index contributed by atoms with van der Waals surface area (Å²) in [6.45, 7) is 8.21. The van der Waals surface area contributed by atoms with Gasteiger partial charge in [-0.05, 0) is 13.0 Å². The molecule has 0 aromatic heterocycles. The molecular weight excluding hydrogens is 204 g/mol. The smallest absolute Gasteiger partial charge is 0.220 e. The molecule has 0 atom stereocenters. The number of hydrogen-bond donors (Lipinski definition) is 2. The molecular formula is C12H28N2O2. The van der Waals surface area contributed by atoms with Crippen molar-refractivity contribution in [1.82, 2.24) is 10.6 Å². The molecule has 0 rings (SSSR count). The van der Waals surface area contributed by atoms with Gasteiger partial charge >= 0.3 is 0 Å². The minimum atomic E-state index is -0.0349. The number of rotatable bonds is 9. The minimum absolute atomic E-state index is 0. The zero-order valence-electron chi connectivity index (χ0n) is 10.6. The van der Waals surface area contributed by atoms with E-state index in [1.807, 2.05) is 13.8 Å². The molecule has 1 amide bonds. The van der Waals surface area contributed by atoms with E-state index < -0.39 is 0 Å². The Morgan fingerprint density at radius 3 is 2.38 bits per heavy atom. The lowest BCUT2D eigenvalue weighted by atomic mass is 10.0. The number of hydrogen-bond acceptors (Lipinski definition) is 3. The standard InChI is InChI=1S/C12H24N2O2.2H2/c1-4-7-13-8-9-14-12(16)6-5-11(15)10(2)3;;/h10,13H,4-9H2,1-3H3,(H,14,16);2*1H. The van der Waals surface area contributed by atoms with Gasteiger partial charge in [0.25, 0.3) is 0 Å². The molecule has 0 saturated heterocycles. The first-order chi connectivity index (χ1) is 7.57. The monoisotopic (exact) mass is 232 g/mol. The van der Waals surface area contributed by atoms with Crippen molar-refractivity contribution in [2.24, 2.45) is 5.92 Å². The normalized spacial score (nSPS) is 10.5. The van der Waals surface area contributed by atoms with E-state index in [-0.39, 0.29) is 20.5 Å². The molecule has 4 heteroatoms. The van der Waals surface area contributed by atoms with Gasteiger partial charge in [-0.15, -0.1) is 0 Å². The van der Waals surface area contributed by atoms with Crippen molar-refractivity contribution in [3.63, 3.8) is 0 Å². The fraction of sp³-hybridized carbons (Fsp3) is 0.833. The van der Waals surface area contributed by atoms with Gasteiger partial charge in [0.05, 0.1) is 0 Å². The van der Waals surface area contributed by atoms with Gasteiger partial charge in [-0.1, -0.05) is 20.8 Å². The lowest BCUT2D eigenvalue weighted by Crippen LogP contribution is -2.32. The molecule has 0 aliphatic heterocycles. The Kier molecular flexibility index (Phi) is 8.81. The molecule has 0 aliphatic carbocycles. The van der Waals surface area contributed by atoms with E-state index in [4.69, 9.17) is 0 Å². The Bertz CT molecular complexity index is 224. The Balaban J connectivity index is -0.00000112. The maximum Gasteiger partial charge on any atom is 0.220 e. The predicted molar refractivity (Wildman–Crippen MR) is 69.5 cm³/mol. The average molecular weight is 232 g/mol. The summed E-state index contributed by atoms with van der Waals surface area (Å²) in [6, 6.07) is 0. The van der Waals surface area contributed by atoms with Crippen LogP contribution in [0, 0.1) is 5.92 Å². The molecule has 98 valence electrons. The summed E-state index contributed by atoms with van der Waals surface area (Å²) in [4.78, 5) is 22.6. The molecule has 0 spiro atoms. The van der Waals surface area contributed by atoms with Gasteiger partial charge in [0.2, 0.25) is 5.91 Å². The second-order valence-corrected chi connectivity index (χ2v) is 4.22. The van der Waals surface area contributed by atoms with Crippen LogP contribution in [0.2, 0.25) is 0 Å². The van der Waals surface area contributed by atoms with Crippen molar-refractivity contribution in [2.45, 2.75) is 40.0 Å².